The second kappa shape index (κ2) is 5.87. The summed E-state index contributed by atoms with van der Waals surface area (Å²) in [6.07, 6.45) is 0.279. The lowest BCUT2D eigenvalue weighted by molar-refractivity contribution is 0.0224. The van der Waals surface area contributed by atoms with E-state index in [1.165, 1.54) is 0 Å². The molecular weight excluding hydrogens is 292 g/mol. The molecule has 0 aliphatic carbocycles. The van der Waals surface area contributed by atoms with Crippen LogP contribution in [-0.4, -0.2) is 40.3 Å². The number of carbonyl (C=O) groups excluding carboxylic acids is 1. The minimum Gasteiger partial charge on any atom is -0.444 e. The summed E-state index contributed by atoms with van der Waals surface area (Å²) in [5, 5.41) is 18.8. The van der Waals surface area contributed by atoms with Crippen molar-refractivity contribution in [2.75, 3.05) is 6.54 Å². The minimum absolute atomic E-state index is 0.287. The van der Waals surface area contributed by atoms with Crippen LogP contribution in [0.25, 0.3) is 0 Å². The van der Waals surface area contributed by atoms with Gasteiger partial charge in [0, 0.05) is 23.6 Å². The Hall–Kier alpha value is -1.24. The fourth-order valence-electron chi connectivity index (χ4n) is 2.28. The van der Waals surface area contributed by atoms with Gasteiger partial charge >= 0.3 is 13.2 Å². The molecule has 21 heavy (non-hydrogen) atoms. The van der Waals surface area contributed by atoms with Crippen LogP contribution in [0.15, 0.2) is 12.1 Å². The number of hydrogen-bond acceptors (Lipinski definition) is 4. The van der Waals surface area contributed by atoms with E-state index in [0.29, 0.717) is 25.0 Å². The Balaban J connectivity index is 2.18. The fourth-order valence-corrected chi connectivity index (χ4v) is 2.56. The van der Waals surface area contributed by atoms with Crippen molar-refractivity contribution in [1.29, 1.82) is 0 Å². The molecule has 0 radical (unpaired) electrons. The molecular formula is C14H19BClNO4. The van der Waals surface area contributed by atoms with E-state index >= 15 is 0 Å². The summed E-state index contributed by atoms with van der Waals surface area (Å²) < 4.78 is 5.36. The van der Waals surface area contributed by atoms with Crippen LogP contribution >= 0.6 is 11.6 Å². The van der Waals surface area contributed by atoms with E-state index in [0.717, 1.165) is 11.1 Å². The maximum absolute atomic E-state index is 12.1. The Kier molecular flexibility index (Phi) is 4.51. The van der Waals surface area contributed by atoms with Crippen LogP contribution in [0.1, 0.15) is 31.9 Å². The van der Waals surface area contributed by atoms with Crippen LogP contribution in [0.3, 0.4) is 0 Å². The highest BCUT2D eigenvalue weighted by Crippen LogP contribution is 2.23. The molecule has 0 spiro atoms. The molecule has 0 aromatic heterocycles. The topological polar surface area (TPSA) is 70.0 Å². The molecule has 0 unspecified atom stereocenters. The van der Waals surface area contributed by atoms with Crippen molar-refractivity contribution in [3.63, 3.8) is 0 Å². The number of ether oxygens (including phenoxy) is 1. The van der Waals surface area contributed by atoms with Crippen molar-refractivity contribution in [3.8, 4) is 0 Å². The molecule has 0 saturated carbocycles. The smallest absolute Gasteiger partial charge is 0.444 e. The molecule has 1 aliphatic rings. The van der Waals surface area contributed by atoms with E-state index in [9.17, 15) is 14.8 Å². The molecule has 5 nitrogen and oxygen atoms in total. The molecule has 0 saturated heterocycles. The van der Waals surface area contributed by atoms with Gasteiger partial charge in [0.1, 0.15) is 5.60 Å². The lowest BCUT2D eigenvalue weighted by atomic mass is 9.78. The van der Waals surface area contributed by atoms with Gasteiger partial charge in [-0.25, -0.2) is 4.79 Å². The highest BCUT2D eigenvalue weighted by molar-refractivity contribution is 6.62. The second-order valence-corrected chi connectivity index (χ2v) is 6.58. The summed E-state index contributed by atoms with van der Waals surface area (Å²) in [7, 11) is -1.59. The molecule has 2 rings (SSSR count). The molecule has 0 atom stereocenters. The summed E-state index contributed by atoms with van der Waals surface area (Å²) in [4.78, 5) is 13.7. The summed E-state index contributed by atoms with van der Waals surface area (Å²) in [5.41, 5.74) is 1.64. The molecule has 114 valence electrons. The van der Waals surface area contributed by atoms with Crippen molar-refractivity contribution in [2.24, 2.45) is 0 Å². The van der Waals surface area contributed by atoms with Gasteiger partial charge in [0.05, 0.1) is 0 Å². The quantitative estimate of drug-likeness (QED) is 0.767. The van der Waals surface area contributed by atoms with E-state index in [-0.39, 0.29) is 11.1 Å². The third-order valence-corrected chi connectivity index (χ3v) is 3.59. The highest BCUT2D eigenvalue weighted by Gasteiger charge is 2.27. The number of nitrogens with zero attached hydrogens (tertiary/aromatic N) is 1. The summed E-state index contributed by atoms with van der Waals surface area (Å²) in [6, 6.07) is 3.37. The van der Waals surface area contributed by atoms with Gasteiger partial charge in [-0.2, -0.15) is 0 Å². The third kappa shape index (κ3) is 3.90. The molecule has 2 N–H and O–H groups in total. The van der Waals surface area contributed by atoms with E-state index < -0.39 is 12.7 Å². The zero-order valence-electron chi connectivity index (χ0n) is 12.4. The monoisotopic (exact) mass is 311 g/mol. The predicted molar refractivity (Wildman–Crippen MR) is 81.6 cm³/mol. The number of benzene rings is 1. The number of rotatable bonds is 1. The lowest BCUT2D eigenvalue weighted by Crippen LogP contribution is -2.40. The maximum atomic E-state index is 12.1. The van der Waals surface area contributed by atoms with Crippen molar-refractivity contribution >= 4 is 30.3 Å². The first-order valence-electron chi connectivity index (χ1n) is 6.82. The van der Waals surface area contributed by atoms with E-state index in [1.54, 1.807) is 17.0 Å². The van der Waals surface area contributed by atoms with Crippen LogP contribution in [0, 0.1) is 0 Å². The maximum Gasteiger partial charge on any atom is 0.489 e. The number of halogens is 1. The summed E-state index contributed by atoms with van der Waals surface area (Å²) in [6.45, 7) is 6.42. The Morgan fingerprint density at radius 1 is 1.33 bits per heavy atom. The molecule has 0 fully saturated rings. The summed E-state index contributed by atoms with van der Waals surface area (Å²) in [5.74, 6) is 0. The van der Waals surface area contributed by atoms with Crippen molar-refractivity contribution < 1.29 is 19.6 Å². The standard InChI is InChI=1S/C14H19BClNO4/c1-14(2,3)21-13(18)17-5-4-9-6-11(15(19)20)12(16)7-10(9)8-17/h6-7,19-20H,4-5,8H2,1-3H3. The minimum atomic E-state index is -1.59. The molecule has 1 aliphatic heterocycles. The van der Waals surface area contributed by atoms with E-state index in [2.05, 4.69) is 0 Å². The molecule has 1 aromatic rings. The van der Waals surface area contributed by atoms with Gasteiger partial charge in [-0.3, -0.25) is 0 Å². The first-order valence-corrected chi connectivity index (χ1v) is 7.20. The first kappa shape index (κ1) is 16.1. The van der Waals surface area contributed by atoms with Crippen molar-refractivity contribution in [3.05, 3.63) is 28.3 Å². The highest BCUT2D eigenvalue weighted by atomic mass is 35.5. The normalized spacial score (nSPS) is 14.7. The van der Waals surface area contributed by atoms with Crippen molar-refractivity contribution in [1.82, 2.24) is 4.90 Å². The predicted octanol–water partition coefficient (Wildman–Crippen LogP) is 1.31. The van der Waals surface area contributed by atoms with Gasteiger partial charge < -0.3 is 19.7 Å². The van der Waals surface area contributed by atoms with Crippen LogP contribution in [-0.2, 0) is 17.7 Å². The second-order valence-electron chi connectivity index (χ2n) is 6.17. The van der Waals surface area contributed by atoms with E-state index in [4.69, 9.17) is 16.3 Å². The molecule has 0 bridgehead atoms. The van der Waals surface area contributed by atoms with Crippen LogP contribution in [0.4, 0.5) is 4.79 Å². The van der Waals surface area contributed by atoms with E-state index in [1.807, 2.05) is 20.8 Å². The number of carbonyl (C=O) groups is 1. The zero-order valence-corrected chi connectivity index (χ0v) is 13.1. The van der Waals surface area contributed by atoms with Gasteiger partial charge in [0.25, 0.3) is 0 Å². The van der Waals surface area contributed by atoms with Gasteiger partial charge in [-0.05, 0) is 44.4 Å². The van der Waals surface area contributed by atoms with Gasteiger partial charge in [-0.15, -0.1) is 0 Å². The number of amides is 1. The number of fused-ring (bicyclic) bond motifs is 1. The van der Waals surface area contributed by atoms with Gasteiger partial charge in [0.15, 0.2) is 0 Å². The van der Waals surface area contributed by atoms with Crippen LogP contribution in [0.2, 0.25) is 5.02 Å². The molecule has 1 amide bonds. The summed E-state index contributed by atoms with van der Waals surface area (Å²) >= 11 is 6.04. The zero-order chi connectivity index (χ0) is 15.8. The van der Waals surface area contributed by atoms with Crippen molar-refractivity contribution in [2.45, 2.75) is 39.3 Å². The van der Waals surface area contributed by atoms with Crippen LogP contribution < -0.4 is 5.46 Å². The van der Waals surface area contributed by atoms with Crippen LogP contribution in [0.5, 0.6) is 0 Å². The average molecular weight is 312 g/mol. The lowest BCUT2D eigenvalue weighted by Gasteiger charge is -2.31. The Labute approximate surface area is 129 Å². The molecule has 1 aromatic carbocycles. The number of hydrogen-bond donors (Lipinski definition) is 2. The van der Waals surface area contributed by atoms with Gasteiger partial charge in [0.2, 0.25) is 0 Å². The molecule has 7 heteroatoms. The fraction of sp³-hybridized carbons (Fsp3) is 0.500. The Morgan fingerprint density at radius 3 is 2.57 bits per heavy atom. The molecule has 1 heterocycles. The third-order valence-electron chi connectivity index (χ3n) is 3.26. The first-order chi connectivity index (χ1) is 9.67. The SMILES string of the molecule is CC(C)(C)OC(=O)N1CCc2cc(B(O)O)c(Cl)cc2C1. The van der Waals surface area contributed by atoms with Gasteiger partial charge in [-0.1, -0.05) is 17.7 Å². The Bertz CT molecular complexity index is 557. The average Bonchev–Trinajstić information content (AvgIpc) is 2.34. The largest absolute Gasteiger partial charge is 0.489 e. The Morgan fingerprint density at radius 2 is 2.00 bits per heavy atom.